The van der Waals surface area contributed by atoms with E-state index in [-0.39, 0.29) is 10.6 Å². The zero-order valence-corrected chi connectivity index (χ0v) is 20.6. The molecule has 0 nitrogen and oxygen atoms in total. The molecule has 0 spiro atoms. The molecule has 0 aromatic heterocycles. The second kappa shape index (κ2) is 8.16. The number of aryl methyl sites for hydroxylation is 1. The third-order valence-electron chi connectivity index (χ3n) is 7.12. The maximum Gasteiger partial charge on any atom is 0.416 e. The molecule has 37 heavy (non-hydrogen) atoms. The van der Waals surface area contributed by atoms with Gasteiger partial charge in [0.05, 0.1) is 5.56 Å². The van der Waals surface area contributed by atoms with Crippen LogP contribution in [0.1, 0.15) is 11.1 Å². The van der Waals surface area contributed by atoms with Gasteiger partial charge in [0, 0.05) is 10.6 Å². The molecule has 0 saturated carbocycles. The van der Waals surface area contributed by atoms with Crippen molar-refractivity contribution < 1.29 is 22.0 Å². The van der Waals surface area contributed by atoms with Crippen molar-refractivity contribution in [3.8, 4) is 0 Å². The monoisotopic (exact) mass is 518 g/mol. The number of benzene rings is 6. The summed E-state index contributed by atoms with van der Waals surface area (Å²) in [4.78, 5) is 0. The van der Waals surface area contributed by atoms with E-state index in [9.17, 15) is 13.2 Å². The summed E-state index contributed by atoms with van der Waals surface area (Å²) in [5.41, 5.74) is -0.420. The van der Waals surface area contributed by atoms with Gasteiger partial charge < -0.3 is 0 Å². The van der Waals surface area contributed by atoms with Crippen molar-refractivity contribution in [2.45, 2.75) is 13.1 Å². The predicted molar refractivity (Wildman–Crippen MR) is 146 cm³/mol. The number of hydrogen-bond acceptors (Lipinski definition) is 0. The summed E-state index contributed by atoms with van der Waals surface area (Å²) in [6.07, 6.45) is -0.249. The van der Waals surface area contributed by atoms with E-state index in [1.165, 1.54) is 6.07 Å². The van der Waals surface area contributed by atoms with Crippen LogP contribution in [0.3, 0.4) is 0 Å². The van der Waals surface area contributed by atoms with Crippen LogP contribution in [0.15, 0.2) is 91.0 Å². The van der Waals surface area contributed by atoms with Gasteiger partial charge in [-0.1, -0.05) is 79.1 Å². The first-order chi connectivity index (χ1) is 17.6. The van der Waals surface area contributed by atoms with E-state index in [4.69, 9.17) is 0 Å². The molecule has 0 aliphatic rings. The summed E-state index contributed by atoms with van der Waals surface area (Å²) in [6.45, 7) is -1.58. The molecule has 0 fully saturated rings. The van der Waals surface area contributed by atoms with Gasteiger partial charge in [-0.25, -0.2) is 8.78 Å². The molecule has 6 aromatic rings. The highest BCUT2D eigenvalue weighted by Gasteiger charge is 2.35. The molecule has 6 rings (SSSR count). The fourth-order valence-electron chi connectivity index (χ4n) is 5.36. The first-order valence-corrected chi connectivity index (χ1v) is 13.6. The van der Waals surface area contributed by atoms with Gasteiger partial charge in [0.2, 0.25) is 0 Å². The molecule has 6 heteroatoms. The molecule has 1 unspecified atom stereocenters. The van der Waals surface area contributed by atoms with Gasteiger partial charge in [-0.15, -0.1) is 0 Å². The summed E-state index contributed by atoms with van der Waals surface area (Å²) in [5, 5.41) is 6.55. The molecule has 0 aliphatic heterocycles. The lowest BCUT2D eigenvalue weighted by Crippen LogP contribution is -2.30. The molecule has 6 aromatic carbocycles. The van der Waals surface area contributed by atoms with Gasteiger partial charge in [0.15, 0.2) is 0 Å². The number of rotatable bonds is 3. The maximum absolute atomic E-state index is 15.6. The quantitative estimate of drug-likeness (QED) is 0.127. The SMILES string of the molecule is C=P(c1ccc(C)cc1F)(c1ccc(C(F)(F)F)cc1F)c1ccc2ccc3cccc4ccc1c2c34. The van der Waals surface area contributed by atoms with Crippen LogP contribution >= 0.6 is 6.89 Å². The van der Waals surface area contributed by atoms with Crippen LogP contribution in [-0.4, -0.2) is 6.30 Å². The van der Waals surface area contributed by atoms with Crippen LogP contribution in [-0.2, 0) is 6.18 Å². The Morgan fingerprint density at radius 2 is 1.16 bits per heavy atom. The topological polar surface area (TPSA) is 0 Å². The molecule has 0 heterocycles. The fraction of sp³-hybridized carbons (Fsp3) is 0.0645. The van der Waals surface area contributed by atoms with E-state index in [2.05, 4.69) is 6.30 Å². The Morgan fingerprint density at radius 3 is 1.78 bits per heavy atom. The Labute approximate surface area is 210 Å². The van der Waals surface area contributed by atoms with Crippen LogP contribution in [0.4, 0.5) is 22.0 Å². The molecule has 0 saturated heterocycles. The zero-order valence-electron chi connectivity index (χ0n) is 19.7. The smallest absolute Gasteiger partial charge is 0.206 e. The standard InChI is InChI=1S/C31H20F5P/c1-18-6-13-27(24(32)16-18)37(2,28-15-11-22(17-25(28)33)31(34,35)36)26-14-10-21-8-7-19-4-3-5-20-9-12-23(26)30(21)29(19)20/h3-17H,2H2,1H3. The highest BCUT2D eigenvalue weighted by molar-refractivity contribution is 7.93. The molecule has 184 valence electrons. The van der Waals surface area contributed by atoms with Crippen molar-refractivity contribution in [3.05, 3.63) is 114 Å². The Hall–Kier alpha value is -3.69. The van der Waals surface area contributed by atoms with Crippen LogP contribution in [0, 0.1) is 18.6 Å². The minimum absolute atomic E-state index is 0.0294. The zero-order chi connectivity index (χ0) is 26.1. The van der Waals surface area contributed by atoms with E-state index < -0.39 is 30.3 Å². The van der Waals surface area contributed by atoms with Gasteiger partial charge in [-0.2, -0.15) is 13.2 Å². The van der Waals surface area contributed by atoms with Gasteiger partial charge in [-0.3, -0.25) is 0 Å². The molecule has 0 radical (unpaired) electrons. The van der Waals surface area contributed by atoms with Gasteiger partial charge in [0.25, 0.3) is 0 Å². The molecule has 1 atom stereocenters. The van der Waals surface area contributed by atoms with Crippen molar-refractivity contribution in [2.24, 2.45) is 0 Å². The van der Waals surface area contributed by atoms with Gasteiger partial charge in [-0.05, 0) is 75.2 Å². The lowest BCUT2D eigenvalue weighted by Gasteiger charge is -2.29. The van der Waals surface area contributed by atoms with Crippen molar-refractivity contribution in [1.29, 1.82) is 0 Å². The van der Waals surface area contributed by atoms with Crippen LogP contribution in [0.5, 0.6) is 0 Å². The third kappa shape index (κ3) is 3.56. The number of halogens is 5. The van der Waals surface area contributed by atoms with Crippen molar-refractivity contribution >= 4 is 61.4 Å². The number of alkyl halides is 3. The lowest BCUT2D eigenvalue weighted by molar-refractivity contribution is -0.137. The Kier molecular flexibility index (Phi) is 5.22. The van der Waals surface area contributed by atoms with Crippen LogP contribution in [0.2, 0.25) is 0 Å². The van der Waals surface area contributed by atoms with Gasteiger partial charge in [0.1, 0.15) is 11.6 Å². The summed E-state index contributed by atoms with van der Waals surface area (Å²) >= 11 is 0. The second-order valence-electron chi connectivity index (χ2n) is 9.37. The summed E-state index contributed by atoms with van der Waals surface area (Å²) in [7, 11) is 0. The largest absolute Gasteiger partial charge is 0.416 e. The first kappa shape index (κ1) is 23.7. The maximum atomic E-state index is 15.6. The fourth-order valence-corrected chi connectivity index (χ4v) is 8.58. The van der Waals surface area contributed by atoms with E-state index in [0.29, 0.717) is 16.9 Å². The average molecular weight is 518 g/mol. The van der Waals surface area contributed by atoms with E-state index >= 15 is 8.78 Å². The molecule has 0 bridgehead atoms. The van der Waals surface area contributed by atoms with Crippen molar-refractivity contribution in [1.82, 2.24) is 0 Å². The summed E-state index contributed by atoms with van der Waals surface area (Å²) in [5.74, 6) is -1.61. The highest BCUT2D eigenvalue weighted by atomic mass is 31.2. The van der Waals surface area contributed by atoms with E-state index in [0.717, 1.165) is 44.5 Å². The Balaban J connectivity index is 1.75. The minimum Gasteiger partial charge on any atom is -0.206 e. The molecule has 0 aliphatic carbocycles. The molecular formula is C31H20F5P. The average Bonchev–Trinajstić information content (AvgIpc) is 2.86. The van der Waals surface area contributed by atoms with Crippen molar-refractivity contribution in [3.63, 3.8) is 0 Å². The van der Waals surface area contributed by atoms with Crippen LogP contribution in [0.25, 0.3) is 32.3 Å². The third-order valence-corrected chi connectivity index (χ3v) is 10.7. The Morgan fingerprint density at radius 1 is 0.622 bits per heavy atom. The van der Waals surface area contributed by atoms with Crippen LogP contribution < -0.4 is 15.9 Å². The summed E-state index contributed by atoms with van der Waals surface area (Å²) < 4.78 is 71.3. The van der Waals surface area contributed by atoms with Gasteiger partial charge >= 0.3 is 6.18 Å². The Bertz CT molecular complexity index is 1870. The second-order valence-corrected chi connectivity index (χ2v) is 12.4. The van der Waals surface area contributed by atoms with Crippen molar-refractivity contribution in [2.75, 3.05) is 0 Å². The predicted octanol–water partition coefficient (Wildman–Crippen LogP) is 7.92. The van der Waals surface area contributed by atoms with E-state index in [1.807, 2.05) is 54.6 Å². The highest BCUT2D eigenvalue weighted by Crippen LogP contribution is 2.47. The number of hydrogen-bond donors (Lipinski definition) is 0. The van der Waals surface area contributed by atoms with E-state index in [1.54, 1.807) is 19.1 Å². The first-order valence-electron chi connectivity index (χ1n) is 11.6. The molecular weight excluding hydrogens is 498 g/mol. The molecule has 0 amide bonds. The normalized spacial score (nSPS) is 14.0. The lowest BCUT2D eigenvalue weighted by atomic mass is 9.94. The summed E-state index contributed by atoms with van der Waals surface area (Å²) in [6, 6.07) is 24.7. The minimum atomic E-state index is -4.70. The molecule has 0 N–H and O–H groups in total.